The van der Waals surface area contributed by atoms with Gasteiger partial charge in [-0.15, -0.1) is 11.8 Å². The Hall–Kier alpha value is -1.63. The molecule has 0 aliphatic rings. The van der Waals surface area contributed by atoms with Crippen LogP contribution in [0.15, 0.2) is 17.0 Å². The Bertz CT molecular complexity index is 608. The van der Waals surface area contributed by atoms with Crippen molar-refractivity contribution in [2.75, 3.05) is 11.9 Å². The van der Waals surface area contributed by atoms with Crippen molar-refractivity contribution in [2.45, 2.75) is 57.1 Å². The first-order valence-corrected chi connectivity index (χ1v) is 9.31. The summed E-state index contributed by atoms with van der Waals surface area (Å²) in [6.45, 7) is 7.45. The van der Waals surface area contributed by atoms with E-state index in [2.05, 4.69) is 5.32 Å². The molecule has 0 saturated carbocycles. The van der Waals surface area contributed by atoms with Crippen molar-refractivity contribution in [1.82, 2.24) is 0 Å². The van der Waals surface area contributed by atoms with E-state index < -0.39 is 22.9 Å². The molecule has 1 unspecified atom stereocenters. The van der Waals surface area contributed by atoms with Crippen molar-refractivity contribution in [3.05, 3.63) is 23.8 Å². The molecule has 140 valence electrons. The number of rotatable bonds is 9. The van der Waals surface area contributed by atoms with Gasteiger partial charge in [-0.25, -0.2) is 8.78 Å². The molecule has 0 bridgehead atoms. The summed E-state index contributed by atoms with van der Waals surface area (Å²) in [6, 6.07) is 1.95. The van der Waals surface area contributed by atoms with E-state index >= 15 is 0 Å². The molecule has 1 aromatic carbocycles. The highest BCUT2D eigenvalue weighted by Crippen LogP contribution is 2.33. The maximum absolute atomic E-state index is 14.1. The zero-order chi connectivity index (χ0) is 19.0. The van der Waals surface area contributed by atoms with Crippen molar-refractivity contribution in [3.8, 4) is 0 Å². The molecule has 1 N–H and O–H groups in total. The fraction of sp³-hybridized carbons (Fsp3) is 0.556. The van der Waals surface area contributed by atoms with Crippen LogP contribution in [0.4, 0.5) is 14.5 Å². The molecule has 25 heavy (non-hydrogen) atoms. The summed E-state index contributed by atoms with van der Waals surface area (Å²) in [5.74, 6) is -2.73. The van der Waals surface area contributed by atoms with Crippen molar-refractivity contribution in [2.24, 2.45) is 5.92 Å². The average Bonchev–Trinajstić information content (AvgIpc) is 2.55. The molecule has 1 atom stereocenters. The van der Waals surface area contributed by atoms with E-state index in [1.807, 2.05) is 13.8 Å². The molecule has 1 amide bonds. The van der Waals surface area contributed by atoms with Gasteiger partial charge in [-0.2, -0.15) is 0 Å². The van der Waals surface area contributed by atoms with Gasteiger partial charge in [-0.05, 0) is 18.9 Å². The second-order valence-electron chi connectivity index (χ2n) is 5.97. The minimum Gasteiger partial charge on any atom is -0.465 e. The summed E-state index contributed by atoms with van der Waals surface area (Å²) < 4.78 is 33.2. The Labute approximate surface area is 151 Å². The third-order valence-corrected chi connectivity index (χ3v) is 4.61. The normalized spacial score (nSPS) is 12.1. The lowest BCUT2D eigenvalue weighted by Crippen LogP contribution is -2.21. The van der Waals surface area contributed by atoms with Gasteiger partial charge >= 0.3 is 5.97 Å². The van der Waals surface area contributed by atoms with Crippen molar-refractivity contribution < 1.29 is 23.1 Å². The van der Waals surface area contributed by atoms with E-state index in [1.54, 1.807) is 13.8 Å². The number of hydrogen-bond donors (Lipinski definition) is 1. The number of esters is 1. The standard InChI is InChI=1S/C18H25F2NO3S/c1-5-7-15(18(23)24-8-6-2)25-16-10-14(12(19)9-13(16)20)21-17(22)11(3)4/h9-11,15H,5-8H2,1-4H3,(H,21,22). The quantitative estimate of drug-likeness (QED) is 0.500. The SMILES string of the molecule is CCCOC(=O)C(CCC)Sc1cc(NC(=O)C(C)C)c(F)cc1F. The van der Waals surface area contributed by atoms with E-state index in [4.69, 9.17) is 4.74 Å². The third kappa shape index (κ3) is 6.65. The number of carbonyl (C=O) groups excluding carboxylic acids is 2. The molecule has 0 spiro atoms. The molecular weight excluding hydrogens is 348 g/mol. The first kappa shape index (κ1) is 21.4. The molecule has 7 heteroatoms. The van der Waals surface area contributed by atoms with Crippen LogP contribution in [-0.2, 0) is 14.3 Å². The van der Waals surface area contributed by atoms with Gasteiger partial charge in [0.05, 0.1) is 12.3 Å². The van der Waals surface area contributed by atoms with Crippen LogP contribution in [0, 0.1) is 17.6 Å². The lowest BCUT2D eigenvalue weighted by Gasteiger charge is -2.16. The summed E-state index contributed by atoms with van der Waals surface area (Å²) in [7, 11) is 0. The minimum absolute atomic E-state index is 0.0974. The van der Waals surface area contributed by atoms with Crippen LogP contribution in [0.25, 0.3) is 0 Å². The predicted molar refractivity (Wildman–Crippen MR) is 95.6 cm³/mol. The van der Waals surface area contributed by atoms with Gasteiger partial charge in [0.1, 0.15) is 16.9 Å². The van der Waals surface area contributed by atoms with E-state index in [0.29, 0.717) is 19.4 Å². The highest BCUT2D eigenvalue weighted by atomic mass is 32.2. The molecule has 1 rings (SSSR count). The number of nitrogens with one attached hydrogen (secondary N) is 1. The van der Waals surface area contributed by atoms with Crippen LogP contribution >= 0.6 is 11.8 Å². The molecular formula is C18H25F2NO3S. The van der Waals surface area contributed by atoms with Gasteiger partial charge in [0, 0.05) is 16.9 Å². The smallest absolute Gasteiger partial charge is 0.319 e. The Morgan fingerprint density at radius 2 is 1.84 bits per heavy atom. The lowest BCUT2D eigenvalue weighted by molar-refractivity contribution is -0.143. The van der Waals surface area contributed by atoms with Crippen LogP contribution < -0.4 is 5.32 Å². The van der Waals surface area contributed by atoms with Gasteiger partial charge in [0.15, 0.2) is 0 Å². The van der Waals surface area contributed by atoms with E-state index in [1.165, 1.54) is 6.07 Å². The Morgan fingerprint density at radius 3 is 2.40 bits per heavy atom. The van der Waals surface area contributed by atoms with E-state index in [9.17, 15) is 18.4 Å². The lowest BCUT2D eigenvalue weighted by atomic mass is 10.2. The van der Waals surface area contributed by atoms with Gasteiger partial charge in [-0.3, -0.25) is 9.59 Å². The average molecular weight is 373 g/mol. The van der Waals surface area contributed by atoms with E-state index in [-0.39, 0.29) is 22.4 Å². The van der Waals surface area contributed by atoms with E-state index in [0.717, 1.165) is 24.2 Å². The maximum atomic E-state index is 14.1. The second-order valence-corrected chi connectivity index (χ2v) is 7.21. The highest BCUT2D eigenvalue weighted by molar-refractivity contribution is 8.00. The van der Waals surface area contributed by atoms with Crippen molar-refractivity contribution in [3.63, 3.8) is 0 Å². The van der Waals surface area contributed by atoms with Gasteiger partial charge in [0.2, 0.25) is 5.91 Å². The molecule has 0 aliphatic carbocycles. The number of amides is 1. The van der Waals surface area contributed by atoms with Gasteiger partial charge in [0.25, 0.3) is 0 Å². The zero-order valence-electron chi connectivity index (χ0n) is 15.0. The van der Waals surface area contributed by atoms with Crippen molar-refractivity contribution in [1.29, 1.82) is 0 Å². The molecule has 4 nitrogen and oxygen atoms in total. The first-order valence-electron chi connectivity index (χ1n) is 8.43. The summed E-state index contributed by atoms with van der Waals surface area (Å²) >= 11 is 0.989. The molecule has 0 saturated heterocycles. The van der Waals surface area contributed by atoms with Crippen LogP contribution in [0.1, 0.15) is 47.0 Å². The maximum Gasteiger partial charge on any atom is 0.319 e. The largest absolute Gasteiger partial charge is 0.465 e. The summed E-state index contributed by atoms with van der Waals surface area (Å²) in [6.07, 6.45) is 1.93. The molecule has 0 radical (unpaired) electrons. The topological polar surface area (TPSA) is 55.4 Å². The fourth-order valence-electron chi connectivity index (χ4n) is 1.93. The number of halogens is 2. The number of benzene rings is 1. The minimum atomic E-state index is -0.851. The zero-order valence-corrected chi connectivity index (χ0v) is 15.8. The Kier molecular flexibility index (Phi) is 8.89. The summed E-state index contributed by atoms with van der Waals surface area (Å²) in [4.78, 5) is 24.0. The number of ether oxygens (including phenoxy) is 1. The monoisotopic (exact) mass is 373 g/mol. The second kappa shape index (κ2) is 10.4. The molecule has 0 aliphatic heterocycles. The molecule has 1 aromatic rings. The van der Waals surface area contributed by atoms with Crippen LogP contribution in [0.2, 0.25) is 0 Å². The van der Waals surface area contributed by atoms with Gasteiger partial charge < -0.3 is 10.1 Å². The fourth-order valence-corrected chi connectivity index (χ4v) is 3.11. The first-order chi connectivity index (χ1) is 11.8. The Balaban J connectivity index is 3.01. The van der Waals surface area contributed by atoms with Crippen LogP contribution in [0.5, 0.6) is 0 Å². The van der Waals surface area contributed by atoms with Gasteiger partial charge in [-0.1, -0.05) is 34.1 Å². The number of anilines is 1. The number of thioether (sulfide) groups is 1. The highest BCUT2D eigenvalue weighted by Gasteiger charge is 2.23. The summed E-state index contributed by atoms with van der Waals surface area (Å²) in [5.41, 5.74) is -0.0974. The molecule has 0 heterocycles. The van der Waals surface area contributed by atoms with Crippen molar-refractivity contribution >= 4 is 29.3 Å². The number of hydrogen-bond acceptors (Lipinski definition) is 4. The predicted octanol–water partition coefficient (Wildman–Crippen LogP) is 4.77. The summed E-state index contributed by atoms with van der Waals surface area (Å²) in [5, 5.41) is 1.86. The molecule has 0 aromatic heterocycles. The molecule has 0 fully saturated rings. The number of carbonyl (C=O) groups is 2. The Morgan fingerprint density at radius 1 is 1.16 bits per heavy atom. The van der Waals surface area contributed by atoms with Crippen LogP contribution in [-0.4, -0.2) is 23.7 Å². The third-order valence-electron chi connectivity index (χ3n) is 3.34. The van der Waals surface area contributed by atoms with Crippen LogP contribution in [0.3, 0.4) is 0 Å².